The van der Waals surface area contributed by atoms with Crippen LogP contribution in [-0.4, -0.2) is 15.7 Å². The first-order valence-electron chi connectivity index (χ1n) is 7.68. The third kappa shape index (κ3) is 3.92. The molecule has 122 valence electrons. The quantitative estimate of drug-likeness (QED) is 0.717. The fraction of sp³-hybridized carbons (Fsp3) is 0.158. The molecule has 2 aromatic carbocycles. The Kier molecular flexibility index (Phi) is 4.81. The van der Waals surface area contributed by atoms with Gasteiger partial charge in [-0.3, -0.25) is 9.48 Å². The van der Waals surface area contributed by atoms with Gasteiger partial charge >= 0.3 is 0 Å². The lowest BCUT2D eigenvalue weighted by atomic mass is 10.1. The number of rotatable bonds is 4. The fourth-order valence-electron chi connectivity index (χ4n) is 2.38. The molecule has 1 heterocycles. The first kappa shape index (κ1) is 16.5. The van der Waals surface area contributed by atoms with Crippen LogP contribution in [0.2, 0.25) is 0 Å². The summed E-state index contributed by atoms with van der Waals surface area (Å²) in [4.78, 5) is 12.4. The van der Waals surface area contributed by atoms with Gasteiger partial charge in [0.1, 0.15) is 0 Å². The Bertz CT molecular complexity index is 851. The van der Waals surface area contributed by atoms with E-state index in [1.165, 1.54) is 5.56 Å². The Hall–Kier alpha value is -2.40. The summed E-state index contributed by atoms with van der Waals surface area (Å²) in [5, 5.41) is 7.30. The van der Waals surface area contributed by atoms with Crippen LogP contribution < -0.4 is 5.32 Å². The second kappa shape index (κ2) is 7.01. The summed E-state index contributed by atoms with van der Waals surface area (Å²) in [6, 6.07) is 17.6. The van der Waals surface area contributed by atoms with Gasteiger partial charge in [0.25, 0.3) is 5.91 Å². The molecule has 0 bridgehead atoms. The van der Waals surface area contributed by atoms with Crippen molar-refractivity contribution in [2.75, 3.05) is 5.32 Å². The van der Waals surface area contributed by atoms with Crippen LogP contribution in [0.15, 0.2) is 59.1 Å². The molecule has 0 unspecified atom stereocenters. The molecule has 1 amide bonds. The van der Waals surface area contributed by atoms with Crippen LogP contribution in [0.25, 0.3) is 0 Å². The molecular weight excluding hydrogens is 366 g/mol. The molecule has 0 fully saturated rings. The predicted octanol–water partition coefficient (Wildman–Crippen LogP) is 4.56. The lowest BCUT2D eigenvalue weighted by Gasteiger charge is -2.05. The normalized spacial score (nSPS) is 10.6. The van der Waals surface area contributed by atoms with Crippen LogP contribution in [0.1, 0.15) is 27.3 Å². The highest BCUT2D eigenvalue weighted by molar-refractivity contribution is 9.10. The summed E-state index contributed by atoms with van der Waals surface area (Å²) in [5.74, 6) is -0.205. The van der Waals surface area contributed by atoms with Crippen molar-refractivity contribution in [1.29, 1.82) is 0 Å². The lowest BCUT2D eigenvalue weighted by Crippen LogP contribution is -2.13. The molecule has 5 heteroatoms. The molecule has 0 aliphatic rings. The van der Waals surface area contributed by atoms with E-state index in [4.69, 9.17) is 0 Å². The van der Waals surface area contributed by atoms with Crippen LogP contribution in [0.3, 0.4) is 0 Å². The van der Waals surface area contributed by atoms with E-state index in [-0.39, 0.29) is 5.91 Å². The van der Waals surface area contributed by atoms with Crippen LogP contribution in [0, 0.1) is 13.8 Å². The largest absolute Gasteiger partial charge is 0.321 e. The molecule has 1 aromatic heterocycles. The van der Waals surface area contributed by atoms with Crippen molar-refractivity contribution in [3.63, 3.8) is 0 Å². The minimum Gasteiger partial charge on any atom is -0.321 e. The van der Waals surface area contributed by atoms with Gasteiger partial charge in [-0.15, -0.1) is 0 Å². The summed E-state index contributed by atoms with van der Waals surface area (Å²) < 4.78 is 2.82. The van der Waals surface area contributed by atoms with Crippen LogP contribution in [0.5, 0.6) is 0 Å². The van der Waals surface area contributed by atoms with E-state index in [0.717, 1.165) is 21.4 Å². The monoisotopic (exact) mass is 383 g/mol. The van der Waals surface area contributed by atoms with E-state index in [1.807, 2.05) is 41.9 Å². The average molecular weight is 384 g/mol. The number of carbonyl (C=O) groups is 1. The smallest absolute Gasteiger partial charge is 0.276 e. The highest BCUT2D eigenvalue weighted by atomic mass is 79.9. The molecule has 0 aliphatic carbocycles. The number of halogens is 1. The molecule has 1 N–H and O–H groups in total. The van der Waals surface area contributed by atoms with Crippen molar-refractivity contribution in [1.82, 2.24) is 9.78 Å². The molecule has 0 saturated heterocycles. The van der Waals surface area contributed by atoms with Gasteiger partial charge in [0.15, 0.2) is 5.69 Å². The number of carbonyl (C=O) groups excluding carboxylic acids is 1. The molecule has 4 nitrogen and oxygen atoms in total. The van der Waals surface area contributed by atoms with Gasteiger partial charge in [0.2, 0.25) is 0 Å². The van der Waals surface area contributed by atoms with Gasteiger partial charge in [-0.2, -0.15) is 5.10 Å². The molecule has 3 aromatic rings. The summed E-state index contributed by atoms with van der Waals surface area (Å²) in [6.45, 7) is 4.67. The van der Waals surface area contributed by atoms with Gasteiger partial charge in [-0.25, -0.2) is 0 Å². The maximum absolute atomic E-state index is 12.4. The van der Waals surface area contributed by atoms with Crippen molar-refractivity contribution in [3.8, 4) is 0 Å². The number of nitrogens with one attached hydrogen (secondary N) is 1. The van der Waals surface area contributed by atoms with Gasteiger partial charge in [-0.1, -0.05) is 45.8 Å². The second-order valence-electron chi connectivity index (χ2n) is 5.78. The van der Waals surface area contributed by atoms with Gasteiger partial charge in [-0.05, 0) is 49.7 Å². The molecule has 0 aliphatic heterocycles. The topological polar surface area (TPSA) is 46.9 Å². The molecule has 24 heavy (non-hydrogen) atoms. The van der Waals surface area contributed by atoms with E-state index in [9.17, 15) is 4.79 Å². The molecular formula is C19H18BrN3O. The van der Waals surface area contributed by atoms with Crippen molar-refractivity contribution in [3.05, 3.63) is 81.6 Å². The van der Waals surface area contributed by atoms with Crippen LogP contribution in [-0.2, 0) is 6.54 Å². The summed E-state index contributed by atoms with van der Waals surface area (Å²) in [7, 11) is 0. The second-order valence-corrected chi connectivity index (χ2v) is 6.69. The molecule has 0 atom stereocenters. The van der Waals surface area contributed by atoms with E-state index in [1.54, 1.807) is 0 Å². The Morgan fingerprint density at radius 2 is 1.75 bits per heavy atom. The zero-order valence-corrected chi connectivity index (χ0v) is 15.2. The zero-order valence-electron chi connectivity index (χ0n) is 13.6. The number of benzene rings is 2. The Morgan fingerprint density at radius 3 is 2.42 bits per heavy atom. The van der Waals surface area contributed by atoms with Gasteiger partial charge < -0.3 is 5.32 Å². The Balaban J connectivity index is 1.74. The molecule has 0 spiro atoms. The van der Waals surface area contributed by atoms with Gasteiger partial charge in [0, 0.05) is 15.9 Å². The number of hydrogen-bond acceptors (Lipinski definition) is 2. The number of amides is 1. The van der Waals surface area contributed by atoms with E-state index < -0.39 is 0 Å². The molecule has 0 radical (unpaired) electrons. The summed E-state index contributed by atoms with van der Waals surface area (Å²) in [6.07, 6.45) is 0. The van der Waals surface area contributed by atoms with E-state index in [2.05, 4.69) is 57.5 Å². The standard InChI is InChI=1S/C19H18BrN3O/c1-13-3-5-15(6-4-13)12-23-14(2)11-18(22-23)19(24)21-17-9-7-16(20)8-10-17/h3-11H,12H2,1-2H3,(H,21,24). The summed E-state index contributed by atoms with van der Waals surface area (Å²) in [5.41, 5.74) is 4.50. The van der Waals surface area contributed by atoms with Crippen molar-refractivity contribution >= 4 is 27.5 Å². The lowest BCUT2D eigenvalue weighted by molar-refractivity contribution is 0.102. The number of aromatic nitrogens is 2. The Labute approximate surface area is 149 Å². The van der Waals surface area contributed by atoms with Gasteiger partial charge in [0.05, 0.1) is 6.54 Å². The highest BCUT2D eigenvalue weighted by Gasteiger charge is 2.13. The third-order valence-corrected chi connectivity index (χ3v) is 4.30. The van der Waals surface area contributed by atoms with Crippen molar-refractivity contribution < 1.29 is 4.79 Å². The zero-order chi connectivity index (χ0) is 17.1. The van der Waals surface area contributed by atoms with E-state index in [0.29, 0.717) is 12.2 Å². The number of hydrogen-bond donors (Lipinski definition) is 1. The van der Waals surface area contributed by atoms with Crippen LogP contribution >= 0.6 is 15.9 Å². The summed E-state index contributed by atoms with van der Waals surface area (Å²) >= 11 is 3.38. The van der Waals surface area contributed by atoms with Crippen LogP contribution in [0.4, 0.5) is 5.69 Å². The molecule has 3 rings (SSSR count). The van der Waals surface area contributed by atoms with Crippen molar-refractivity contribution in [2.24, 2.45) is 0 Å². The number of anilines is 1. The minimum atomic E-state index is -0.205. The highest BCUT2D eigenvalue weighted by Crippen LogP contribution is 2.15. The SMILES string of the molecule is Cc1ccc(Cn2nc(C(=O)Nc3ccc(Br)cc3)cc2C)cc1. The Morgan fingerprint density at radius 1 is 1.08 bits per heavy atom. The fourth-order valence-corrected chi connectivity index (χ4v) is 2.64. The maximum atomic E-state index is 12.4. The maximum Gasteiger partial charge on any atom is 0.276 e. The molecule has 0 saturated carbocycles. The number of aryl methyl sites for hydroxylation is 2. The number of nitrogens with zero attached hydrogens (tertiary/aromatic N) is 2. The average Bonchev–Trinajstić information content (AvgIpc) is 2.93. The first-order valence-corrected chi connectivity index (χ1v) is 8.47. The van der Waals surface area contributed by atoms with E-state index >= 15 is 0 Å². The minimum absolute atomic E-state index is 0.205. The third-order valence-electron chi connectivity index (χ3n) is 3.77. The van der Waals surface area contributed by atoms with Crippen molar-refractivity contribution in [2.45, 2.75) is 20.4 Å². The first-order chi connectivity index (χ1) is 11.5. The predicted molar refractivity (Wildman–Crippen MR) is 99.3 cm³/mol.